The van der Waals surface area contributed by atoms with Gasteiger partial charge >= 0.3 is 0 Å². The molecule has 4 nitrogen and oxygen atoms in total. The average molecular weight is 341 g/mol. The van der Waals surface area contributed by atoms with Gasteiger partial charge in [-0.1, -0.05) is 40.0 Å². The molecule has 0 spiro atoms. The van der Waals surface area contributed by atoms with Crippen molar-refractivity contribution in [2.45, 2.75) is 64.2 Å². The number of rotatable bonds is 12. The van der Waals surface area contributed by atoms with Crippen molar-refractivity contribution in [3.8, 4) is 0 Å². The molecule has 23 heavy (non-hydrogen) atoms. The molecule has 0 amide bonds. The van der Waals surface area contributed by atoms with E-state index in [-0.39, 0.29) is 0 Å². The molecule has 0 aliphatic rings. The quantitative estimate of drug-likeness (QED) is 0.570. The number of sulfonamides is 1. The summed E-state index contributed by atoms with van der Waals surface area (Å²) >= 11 is 0. The summed E-state index contributed by atoms with van der Waals surface area (Å²) in [5.41, 5.74) is 0.978. The van der Waals surface area contributed by atoms with Gasteiger partial charge in [0.05, 0.1) is 4.90 Å². The molecule has 0 bridgehead atoms. The Bertz CT molecular complexity index is 518. The molecule has 0 saturated carbocycles. The van der Waals surface area contributed by atoms with E-state index in [1.165, 1.54) is 0 Å². The maximum Gasteiger partial charge on any atom is 0.243 e. The molecule has 1 aromatic rings. The summed E-state index contributed by atoms with van der Waals surface area (Å²) in [5.74, 6) is 0. The maximum atomic E-state index is 12.8. The highest BCUT2D eigenvalue weighted by molar-refractivity contribution is 7.89. The SMILES string of the molecule is CCCCNc1ccc(S(=O)(=O)N(CCCC)CCCC)cc1. The summed E-state index contributed by atoms with van der Waals surface area (Å²) in [6, 6.07) is 7.16. The Balaban J connectivity index is 2.82. The van der Waals surface area contributed by atoms with Gasteiger partial charge < -0.3 is 5.32 Å². The Morgan fingerprint density at radius 3 is 1.87 bits per heavy atom. The first-order valence-electron chi connectivity index (χ1n) is 8.90. The van der Waals surface area contributed by atoms with Crippen LogP contribution >= 0.6 is 0 Å². The van der Waals surface area contributed by atoms with E-state index in [1.807, 2.05) is 12.1 Å². The Morgan fingerprint density at radius 2 is 1.39 bits per heavy atom. The summed E-state index contributed by atoms with van der Waals surface area (Å²) in [6.45, 7) is 8.45. The van der Waals surface area contributed by atoms with E-state index in [0.29, 0.717) is 18.0 Å². The molecule has 0 radical (unpaired) electrons. The van der Waals surface area contributed by atoms with Gasteiger partial charge in [0.1, 0.15) is 0 Å². The number of nitrogens with zero attached hydrogens (tertiary/aromatic N) is 1. The second-order valence-electron chi connectivity index (χ2n) is 5.92. The fraction of sp³-hybridized carbons (Fsp3) is 0.667. The summed E-state index contributed by atoms with van der Waals surface area (Å²) in [4.78, 5) is 0.394. The number of nitrogens with one attached hydrogen (secondary N) is 1. The van der Waals surface area contributed by atoms with Crippen LogP contribution < -0.4 is 5.32 Å². The second kappa shape index (κ2) is 10.7. The Hall–Kier alpha value is -1.07. The van der Waals surface area contributed by atoms with Gasteiger partial charge in [0, 0.05) is 25.3 Å². The molecule has 132 valence electrons. The van der Waals surface area contributed by atoms with Crippen LogP contribution in [0.3, 0.4) is 0 Å². The minimum atomic E-state index is -3.38. The second-order valence-corrected chi connectivity index (χ2v) is 7.85. The highest BCUT2D eigenvalue weighted by Gasteiger charge is 2.23. The number of hydrogen-bond donors (Lipinski definition) is 1. The van der Waals surface area contributed by atoms with Gasteiger partial charge in [0.15, 0.2) is 0 Å². The fourth-order valence-corrected chi connectivity index (χ4v) is 3.84. The third-order valence-corrected chi connectivity index (χ3v) is 5.79. The van der Waals surface area contributed by atoms with Crippen molar-refractivity contribution in [1.29, 1.82) is 0 Å². The van der Waals surface area contributed by atoms with E-state index in [0.717, 1.165) is 50.8 Å². The Morgan fingerprint density at radius 1 is 0.870 bits per heavy atom. The summed E-state index contributed by atoms with van der Waals surface area (Å²) < 4.78 is 27.3. The molecular formula is C18H32N2O2S. The van der Waals surface area contributed by atoms with Crippen LogP contribution in [0.2, 0.25) is 0 Å². The maximum absolute atomic E-state index is 12.8. The standard InChI is InChI=1S/C18H32N2O2S/c1-4-7-14-19-17-10-12-18(13-11-17)23(21,22)20(15-8-5-2)16-9-6-3/h10-13,19H,4-9,14-16H2,1-3H3. The lowest BCUT2D eigenvalue weighted by molar-refractivity contribution is 0.395. The van der Waals surface area contributed by atoms with Crippen molar-refractivity contribution in [3.63, 3.8) is 0 Å². The number of hydrogen-bond acceptors (Lipinski definition) is 3. The first-order valence-corrected chi connectivity index (χ1v) is 10.3. The molecule has 1 aromatic carbocycles. The molecule has 0 atom stereocenters. The largest absolute Gasteiger partial charge is 0.385 e. The monoisotopic (exact) mass is 340 g/mol. The predicted octanol–water partition coefficient (Wildman–Crippen LogP) is 4.49. The van der Waals surface area contributed by atoms with Crippen molar-refractivity contribution in [2.75, 3.05) is 25.0 Å². The van der Waals surface area contributed by atoms with Crippen molar-refractivity contribution in [1.82, 2.24) is 4.31 Å². The van der Waals surface area contributed by atoms with Gasteiger partial charge in [-0.25, -0.2) is 8.42 Å². The summed E-state index contributed by atoms with van der Waals surface area (Å²) in [7, 11) is -3.38. The normalized spacial score (nSPS) is 11.8. The van der Waals surface area contributed by atoms with E-state index in [4.69, 9.17) is 0 Å². The van der Waals surface area contributed by atoms with E-state index in [2.05, 4.69) is 26.1 Å². The van der Waals surface area contributed by atoms with Crippen LogP contribution in [-0.2, 0) is 10.0 Å². The zero-order valence-electron chi connectivity index (χ0n) is 14.8. The minimum absolute atomic E-state index is 0.394. The van der Waals surface area contributed by atoms with Crippen LogP contribution in [0.1, 0.15) is 59.3 Å². The Labute approximate surface area is 142 Å². The molecular weight excluding hydrogens is 308 g/mol. The van der Waals surface area contributed by atoms with Crippen molar-refractivity contribution < 1.29 is 8.42 Å². The first-order chi connectivity index (χ1) is 11.1. The van der Waals surface area contributed by atoms with E-state index < -0.39 is 10.0 Å². The van der Waals surface area contributed by atoms with E-state index >= 15 is 0 Å². The zero-order chi connectivity index (χ0) is 17.1. The first kappa shape index (κ1) is 20.0. The smallest absolute Gasteiger partial charge is 0.243 e. The van der Waals surface area contributed by atoms with Gasteiger partial charge in [-0.3, -0.25) is 0 Å². The molecule has 0 unspecified atom stereocenters. The lowest BCUT2D eigenvalue weighted by Crippen LogP contribution is -2.33. The van der Waals surface area contributed by atoms with E-state index in [1.54, 1.807) is 16.4 Å². The van der Waals surface area contributed by atoms with Gasteiger partial charge in [-0.15, -0.1) is 0 Å². The Kier molecular flexibility index (Phi) is 9.26. The molecule has 0 aromatic heterocycles. The molecule has 0 heterocycles. The van der Waals surface area contributed by atoms with Crippen LogP contribution in [-0.4, -0.2) is 32.4 Å². The van der Waals surface area contributed by atoms with Gasteiger partial charge in [0.2, 0.25) is 10.0 Å². The van der Waals surface area contributed by atoms with Crippen LogP contribution in [0.5, 0.6) is 0 Å². The van der Waals surface area contributed by atoms with Gasteiger partial charge in [-0.05, 0) is 43.5 Å². The molecule has 1 rings (SSSR count). The molecule has 0 aliphatic carbocycles. The van der Waals surface area contributed by atoms with Gasteiger partial charge in [0.25, 0.3) is 0 Å². The van der Waals surface area contributed by atoms with Crippen LogP contribution in [0, 0.1) is 0 Å². The van der Waals surface area contributed by atoms with Crippen LogP contribution in [0.15, 0.2) is 29.2 Å². The summed E-state index contributed by atoms with van der Waals surface area (Å²) in [5, 5.41) is 3.31. The molecule has 0 saturated heterocycles. The predicted molar refractivity (Wildman–Crippen MR) is 98.4 cm³/mol. The number of benzene rings is 1. The molecule has 5 heteroatoms. The van der Waals surface area contributed by atoms with Crippen LogP contribution in [0.25, 0.3) is 0 Å². The minimum Gasteiger partial charge on any atom is -0.385 e. The van der Waals surface area contributed by atoms with Crippen LogP contribution in [0.4, 0.5) is 5.69 Å². The summed E-state index contributed by atoms with van der Waals surface area (Å²) in [6.07, 6.45) is 6.06. The van der Waals surface area contributed by atoms with Crippen molar-refractivity contribution in [2.24, 2.45) is 0 Å². The highest BCUT2D eigenvalue weighted by Crippen LogP contribution is 2.19. The number of anilines is 1. The van der Waals surface area contributed by atoms with Crippen molar-refractivity contribution >= 4 is 15.7 Å². The lowest BCUT2D eigenvalue weighted by Gasteiger charge is -2.22. The fourth-order valence-electron chi connectivity index (χ4n) is 2.32. The van der Waals surface area contributed by atoms with Crippen molar-refractivity contribution in [3.05, 3.63) is 24.3 Å². The third-order valence-electron chi connectivity index (χ3n) is 3.87. The molecule has 0 aliphatic heterocycles. The number of unbranched alkanes of at least 4 members (excludes halogenated alkanes) is 3. The van der Waals surface area contributed by atoms with Gasteiger partial charge in [-0.2, -0.15) is 4.31 Å². The highest BCUT2D eigenvalue weighted by atomic mass is 32.2. The lowest BCUT2D eigenvalue weighted by atomic mass is 10.3. The van der Waals surface area contributed by atoms with E-state index in [9.17, 15) is 8.42 Å². The third kappa shape index (κ3) is 6.51. The topological polar surface area (TPSA) is 49.4 Å². The zero-order valence-corrected chi connectivity index (χ0v) is 15.7. The average Bonchev–Trinajstić information content (AvgIpc) is 2.55. The molecule has 1 N–H and O–H groups in total. The molecule has 0 fully saturated rings.